The van der Waals surface area contributed by atoms with Gasteiger partial charge in [-0.3, -0.25) is 9.59 Å². The Morgan fingerprint density at radius 1 is 1.04 bits per heavy atom. The number of nitrogens with one attached hydrogen (secondary N) is 2. The maximum Gasteiger partial charge on any atom is 0.255 e. The lowest BCUT2D eigenvalue weighted by molar-refractivity contribution is -0.125. The van der Waals surface area contributed by atoms with Gasteiger partial charge in [0, 0.05) is 16.9 Å². The third-order valence-corrected chi connectivity index (χ3v) is 3.60. The van der Waals surface area contributed by atoms with Crippen molar-refractivity contribution in [2.24, 2.45) is 0 Å². The number of carbonyl (C=O) groups is 2. The molecule has 0 aliphatic carbocycles. The first kappa shape index (κ1) is 19.2. The van der Waals surface area contributed by atoms with Gasteiger partial charge < -0.3 is 20.1 Å². The van der Waals surface area contributed by atoms with Gasteiger partial charge in [0.1, 0.15) is 11.9 Å². The molecule has 0 fully saturated rings. The summed E-state index contributed by atoms with van der Waals surface area (Å²) in [6.45, 7) is 5.51. The molecule has 2 N–H and O–H groups in total. The van der Waals surface area contributed by atoms with Gasteiger partial charge in [0.25, 0.3) is 11.8 Å². The standard InChI is InChI=1S/C20H22N2O4/c1-4-13-26-14(2)19(23)21-16-7-5-15(6-8-16)20(24)22-17-9-11-18(25-3)12-10-17/h4-12,14H,1,13H2,2-3H3,(H,21,23)(H,22,24). The number of ether oxygens (including phenoxy) is 2. The average molecular weight is 354 g/mol. The number of carbonyl (C=O) groups excluding carboxylic acids is 2. The van der Waals surface area contributed by atoms with E-state index in [2.05, 4.69) is 17.2 Å². The van der Waals surface area contributed by atoms with Crippen LogP contribution in [0.2, 0.25) is 0 Å². The summed E-state index contributed by atoms with van der Waals surface area (Å²) in [6, 6.07) is 13.7. The zero-order chi connectivity index (χ0) is 18.9. The van der Waals surface area contributed by atoms with E-state index in [1.165, 1.54) is 0 Å². The Morgan fingerprint density at radius 2 is 1.62 bits per heavy atom. The van der Waals surface area contributed by atoms with Crippen molar-refractivity contribution >= 4 is 23.2 Å². The quantitative estimate of drug-likeness (QED) is 0.712. The molecule has 6 heteroatoms. The van der Waals surface area contributed by atoms with Crippen molar-refractivity contribution < 1.29 is 19.1 Å². The van der Waals surface area contributed by atoms with Gasteiger partial charge in [0.2, 0.25) is 0 Å². The first-order valence-corrected chi connectivity index (χ1v) is 8.12. The molecule has 0 spiro atoms. The third kappa shape index (κ3) is 5.46. The van der Waals surface area contributed by atoms with Crippen molar-refractivity contribution in [2.45, 2.75) is 13.0 Å². The predicted molar refractivity (Wildman–Crippen MR) is 102 cm³/mol. The van der Waals surface area contributed by atoms with Crippen LogP contribution in [0, 0.1) is 0 Å². The van der Waals surface area contributed by atoms with Crippen molar-refractivity contribution in [3.8, 4) is 5.75 Å². The zero-order valence-electron chi connectivity index (χ0n) is 14.8. The number of anilines is 2. The van der Waals surface area contributed by atoms with E-state index in [9.17, 15) is 9.59 Å². The number of rotatable bonds is 8. The fraction of sp³-hybridized carbons (Fsp3) is 0.200. The second-order valence-corrected chi connectivity index (χ2v) is 5.51. The van der Waals surface area contributed by atoms with Gasteiger partial charge in [-0.1, -0.05) is 6.08 Å². The second-order valence-electron chi connectivity index (χ2n) is 5.51. The minimum absolute atomic E-state index is 0.240. The van der Waals surface area contributed by atoms with Crippen LogP contribution in [-0.2, 0) is 9.53 Å². The Hall–Kier alpha value is -3.12. The lowest BCUT2D eigenvalue weighted by atomic mass is 10.2. The van der Waals surface area contributed by atoms with Crippen molar-refractivity contribution in [2.75, 3.05) is 24.4 Å². The number of hydrogen-bond acceptors (Lipinski definition) is 4. The van der Waals surface area contributed by atoms with Crippen LogP contribution in [0.15, 0.2) is 61.2 Å². The lowest BCUT2D eigenvalue weighted by Crippen LogP contribution is -2.27. The van der Waals surface area contributed by atoms with Crippen molar-refractivity contribution in [3.05, 3.63) is 66.7 Å². The third-order valence-electron chi connectivity index (χ3n) is 3.60. The van der Waals surface area contributed by atoms with Crippen molar-refractivity contribution in [3.63, 3.8) is 0 Å². The maximum atomic E-state index is 12.3. The van der Waals surface area contributed by atoms with Crippen molar-refractivity contribution in [1.82, 2.24) is 0 Å². The monoisotopic (exact) mass is 354 g/mol. The van der Waals surface area contributed by atoms with Crippen LogP contribution in [0.5, 0.6) is 5.75 Å². The molecule has 0 bridgehead atoms. The van der Waals surface area contributed by atoms with Gasteiger partial charge in [0.15, 0.2) is 0 Å². The Labute approximate surface area is 152 Å². The molecule has 1 unspecified atom stereocenters. The Kier molecular flexibility index (Phi) is 6.93. The fourth-order valence-corrected chi connectivity index (χ4v) is 2.11. The molecule has 0 aromatic heterocycles. The summed E-state index contributed by atoms with van der Waals surface area (Å²) >= 11 is 0. The SMILES string of the molecule is C=CCOC(C)C(=O)Nc1ccc(C(=O)Nc2ccc(OC)cc2)cc1. The van der Waals surface area contributed by atoms with E-state index < -0.39 is 6.10 Å². The van der Waals surface area contributed by atoms with E-state index in [1.54, 1.807) is 68.6 Å². The molecule has 0 aliphatic rings. The summed E-state index contributed by atoms with van der Waals surface area (Å²) in [5.41, 5.74) is 1.74. The molecule has 0 heterocycles. The lowest BCUT2D eigenvalue weighted by Gasteiger charge is -2.12. The molecule has 26 heavy (non-hydrogen) atoms. The molecule has 0 saturated carbocycles. The minimum atomic E-state index is -0.592. The summed E-state index contributed by atoms with van der Waals surface area (Å²) in [5, 5.41) is 5.54. The molecule has 2 amide bonds. The smallest absolute Gasteiger partial charge is 0.255 e. The summed E-state index contributed by atoms with van der Waals surface area (Å²) < 4.78 is 10.3. The van der Waals surface area contributed by atoms with E-state index in [4.69, 9.17) is 9.47 Å². The molecule has 6 nitrogen and oxygen atoms in total. The van der Waals surface area contributed by atoms with Gasteiger partial charge in [0.05, 0.1) is 13.7 Å². The molecule has 0 aliphatic heterocycles. The van der Waals surface area contributed by atoms with E-state index in [1.807, 2.05) is 0 Å². The number of amides is 2. The second kappa shape index (κ2) is 9.39. The highest BCUT2D eigenvalue weighted by Gasteiger charge is 2.13. The van der Waals surface area contributed by atoms with Gasteiger partial charge in [-0.25, -0.2) is 0 Å². The topological polar surface area (TPSA) is 76.7 Å². The Bertz CT molecular complexity index is 754. The average Bonchev–Trinajstić information content (AvgIpc) is 2.67. The normalized spacial score (nSPS) is 11.3. The summed E-state index contributed by atoms with van der Waals surface area (Å²) in [4.78, 5) is 24.2. The van der Waals surface area contributed by atoms with E-state index >= 15 is 0 Å². The molecular weight excluding hydrogens is 332 g/mol. The molecule has 2 aromatic rings. The molecule has 2 rings (SSSR count). The van der Waals surface area contributed by atoms with Crippen LogP contribution in [0.1, 0.15) is 17.3 Å². The molecule has 0 radical (unpaired) electrons. The Balaban J connectivity index is 1.94. The van der Waals surface area contributed by atoms with Crippen LogP contribution >= 0.6 is 0 Å². The van der Waals surface area contributed by atoms with Crippen LogP contribution in [0.25, 0.3) is 0 Å². The number of methoxy groups -OCH3 is 1. The maximum absolute atomic E-state index is 12.3. The minimum Gasteiger partial charge on any atom is -0.497 e. The highest BCUT2D eigenvalue weighted by molar-refractivity contribution is 6.04. The first-order chi connectivity index (χ1) is 12.5. The zero-order valence-corrected chi connectivity index (χ0v) is 14.8. The molecule has 2 aromatic carbocycles. The van der Waals surface area contributed by atoms with E-state index in [0.717, 1.165) is 5.75 Å². The van der Waals surface area contributed by atoms with Gasteiger partial charge >= 0.3 is 0 Å². The summed E-state index contributed by atoms with van der Waals surface area (Å²) in [6.07, 6.45) is 0.992. The predicted octanol–water partition coefficient (Wildman–Crippen LogP) is 3.48. The summed E-state index contributed by atoms with van der Waals surface area (Å²) in [7, 11) is 1.58. The van der Waals surface area contributed by atoms with E-state index in [0.29, 0.717) is 23.5 Å². The highest BCUT2D eigenvalue weighted by atomic mass is 16.5. The highest BCUT2D eigenvalue weighted by Crippen LogP contribution is 2.17. The van der Waals surface area contributed by atoms with Crippen LogP contribution in [0.3, 0.4) is 0 Å². The molecule has 0 saturated heterocycles. The van der Waals surface area contributed by atoms with Crippen LogP contribution in [0.4, 0.5) is 11.4 Å². The number of benzene rings is 2. The molecular formula is C20H22N2O4. The van der Waals surface area contributed by atoms with Gasteiger partial charge in [-0.05, 0) is 55.5 Å². The molecule has 1 atom stereocenters. The Morgan fingerprint density at radius 3 is 2.19 bits per heavy atom. The summed E-state index contributed by atoms with van der Waals surface area (Å²) in [5.74, 6) is 0.215. The first-order valence-electron chi connectivity index (χ1n) is 8.12. The van der Waals surface area contributed by atoms with Gasteiger partial charge in [-0.2, -0.15) is 0 Å². The largest absolute Gasteiger partial charge is 0.497 e. The van der Waals surface area contributed by atoms with Crippen LogP contribution < -0.4 is 15.4 Å². The van der Waals surface area contributed by atoms with E-state index in [-0.39, 0.29) is 11.8 Å². The van der Waals surface area contributed by atoms with Crippen molar-refractivity contribution in [1.29, 1.82) is 0 Å². The van der Waals surface area contributed by atoms with Gasteiger partial charge in [-0.15, -0.1) is 6.58 Å². The fourth-order valence-electron chi connectivity index (χ4n) is 2.11. The molecule has 136 valence electrons. The van der Waals surface area contributed by atoms with Crippen LogP contribution in [-0.4, -0.2) is 31.6 Å². The number of hydrogen-bond donors (Lipinski definition) is 2.